The molecule has 0 fully saturated rings. The summed E-state index contributed by atoms with van der Waals surface area (Å²) in [6.45, 7) is 5.52. The van der Waals surface area contributed by atoms with Crippen molar-refractivity contribution in [3.63, 3.8) is 0 Å². The van der Waals surface area contributed by atoms with Gasteiger partial charge in [-0.05, 0) is 24.6 Å². The Bertz CT molecular complexity index is 264. The Morgan fingerprint density at radius 3 is 2.38 bits per heavy atom. The van der Waals surface area contributed by atoms with Gasteiger partial charge in [0.05, 0.1) is 0 Å². The highest BCUT2D eigenvalue weighted by atomic mass is 16.7. The average molecular weight is 178 g/mol. The van der Waals surface area contributed by atoms with Crippen molar-refractivity contribution in [2.24, 2.45) is 0 Å². The van der Waals surface area contributed by atoms with Crippen LogP contribution in [0.2, 0.25) is 0 Å². The summed E-state index contributed by atoms with van der Waals surface area (Å²) in [5, 5.41) is 0. The molecule has 1 aromatic carbocycles. The van der Waals surface area contributed by atoms with Crippen LogP contribution in [0.4, 0.5) is 0 Å². The van der Waals surface area contributed by atoms with Crippen LogP contribution < -0.4 is 4.74 Å². The van der Waals surface area contributed by atoms with Crippen LogP contribution in [-0.2, 0) is 4.74 Å². The fraction of sp³-hybridized carbons (Fsp3) is 0.273. The molecule has 1 atom stereocenters. The molecule has 1 aromatic rings. The molecule has 0 bridgehead atoms. The number of methoxy groups -OCH3 is 1. The van der Waals surface area contributed by atoms with Crippen molar-refractivity contribution in [1.82, 2.24) is 0 Å². The highest BCUT2D eigenvalue weighted by molar-refractivity contribution is 5.48. The maximum Gasteiger partial charge on any atom is 0.196 e. The van der Waals surface area contributed by atoms with E-state index < -0.39 is 0 Å². The summed E-state index contributed by atoms with van der Waals surface area (Å²) in [6, 6.07) is 7.69. The van der Waals surface area contributed by atoms with Gasteiger partial charge < -0.3 is 9.47 Å². The Hall–Kier alpha value is -1.28. The summed E-state index contributed by atoms with van der Waals surface area (Å²) in [7, 11) is 1.61. The second-order valence-electron chi connectivity index (χ2n) is 2.69. The van der Waals surface area contributed by atoms with Gasteiger partial charge in [0.15, 0.2) is 6.29 Å². The standard InChI is InChI=1S/C11H14O2/c1-4-10-5-7-11(8-6-10)13-9(2)12-3/h4-9H,1H2,2-3H3. The zero-order chi connectivity index (χ0) is 9.68. The van der Waals surface area contributed by atoms with Crippen LogP contribution in [0.15, 0.2) is 30.8 Å². The SMILES string of the molecule is C=Cc1ccc(OC(C)OC)cc1. The van der Waals surface area contributed by atoms with Crippen molar-refractivity contribution in [3.05, 3.63) is 36.4 Å². The second kappa shape index (κ2) is 4.67. The molecule has 1 rings (SSSR count). The van der Waals surface area contributed by atoms with Crippen molar-refractivity contribution in [3.8, 4) is 5.75 Å². The van der Waals surface area contributed by atoms with E-state index in [1.165, 1.54) is 0 Å². The van der Waals surface area contributed by atoms with E-state index in [9.17, 15) is 0 Å². The van der Waals surface area contributed by atoms with Crippen LogP contribution in [0.5, 0.6) is 5.75 Å². The quantitative estimate of drug-likeness (QED) is 0.660. The zero-order valence-corrected chi connectivity index (χ0v) is 7.99. The van der Waals surface area contributed by atoms with Gasteiger partial charge in [-0.1, -0.05) is 24.8 Å². The molecular weight excluding hydrogens is 164 g/mol. The normalized spacial score (nSPS) is 12.2. The third kappa shape index (κ3) is 2.92. The maximum absolute atomic E-state index is 5.41. The molecule has 2 heteroatoms. The Balaban J connectivity index is 2.63. The van der Waals surface area contributed by atoms with Crippen LogP contribution >= 0.6 is 0 Å². The van der Waals surface area contributed by atoms with Gasteiger partial charge in [-0.3, -0.25) is 0 Å². The summed E-state index contributed by atoms with van der Waals surface area (Å²) in [6.07, 6.45) is 1.58. The van der Waals surface area contributed by atoms with Crippen molar-refractivity contribution in [2.75, 3.05) is 7.11 Å². The molecule has 0 amide bonds. The van der Waals surface area contributed by atoms with Gasteiger partial charge in [-0.15, -0.1) is 0 Å². The molecule has 0 spiro atoms. The number of ether oxygens (including phenoxy) is 2. The zero-order valence-electron chi connectivity index (χ0n) is 7.99. The number of hydrogen-bond donors (Lipinski definition) is 0. The van der Waals surface area contributed by atoms with Gasteiger partial charge in [0, 0.05) is 7.11 Å². The number of hydrogen-bond acceptors (Lipinski definition) is 2. The monoisotopic (exact) mass is 178 g/mol. The molecule has 1 unspecified atom stereocenters. The molecule has 13 heavy (non-hydrogen) atoms. The lowest BCUT2D eigenvalue weighted by Gasteiger charge is -2.12. The molecule has 0 aliphatic rings. The van der Waals surface area contributed by atoms with E-state index >= 15 is 0 Å². The van der Waals surface area contributed by atoms with Crippen LogP contribution in [0.1, 0.15) is 12.5 Å². The molecule has 0 aliphatic heterocycles. The first kappa shape index (κ1) is 9.81. The largest absolute Gasteiger partial charge is 0.465 e. The van der Waals surface area contributed by atoms with E-state index in [1.807, 2.05) is 31.2 Å². The van der Waals surface area contributed by atoms with Gasteiger partial charge in [0.1, 0.15) is 5.75 Å². The minimum atomic E-state index is -0.213. The molecule has 0 heterocycles. The molecule has 0 aliphatic carbocycles. The fourth-order valence-corrected chi connectivity index (χ4v) is 0.922. The van der Waals surface area contributed by atoms with Crippen LogP contribution in [0.3, 0.4) is 0 Å². The van der Waals surface area contributed by atoms with Gasteiger partial charge in [-0.2, -0.15) is 0 Å². The van der Waals surface area contributed by atoms with Gasteiger partial charge >= 0.3 is 0 Å². The lowest BCUT2D eigenvalue weighted by atomic mass is 10.2. The Labute approximate surface area is 78.8 Å². The Morgan fingerprint density at radius 2 is 1.92 bits per heavy atom. The molecule has 70 valence electrons. The van der Waals surface area contributed by atoms with Crippen molar-refractivity contribution in [1.29, 1.82) is 0 Å². The van der Waals surface area contributed by atoms with Crippen molar-refractivity contribution >= 4 is 6.08 Å². The number of rotatable bonds is 4. The lowest BCUT2D eigenvalue weighted by molar-refractivity contribution is -0.0382. The summed E-state index contributed by atoms with van der Waals surface area (Å²) in [5.41, 5.74) is 1.08. The van der Waals surface area contributed by atoms with Gasteiger partial charge in [0.2, 0.25) is 0 Å². The Kier molecular flexibility index (Phi) is 3.53. The Morgan fingerprint density at radius 1 is 1.31 bits per heavy atom. The molecule has 0 radical (unpaired) electrons. The molecule has 0 saturated carbocycles. The predicted molar refractivity (Wildman–Crippen MR) is 53.6 cm³/mol. The first-order valence-electron chi connectivity index (χ1n) is 4.18. The minimum Gasteiger partial charge on any atom is -0.465 e. The third-order valence-corrected chi connectivity index (χ3v) is 1.75. The summed E-state index contributed by atoms with van der Waals surface area (Å²) in [5.74, 6) is 0.806. The lowest BCUT2D eigenvalue weighted by Crippen LogP contribution is -2.13. The summed E-state index contributed by atoms with van der Waals surface area (Å²) in [4.78, 5) is 0. The van der Waals surface area contributed by atoms with Crippen molar-refractivity contribution < 1.29 is 9.47 Å². The van der Waals surface area contributed by atoms with Crippen LogP contribution in [-0.4, -0.2) is 13.4 Å². The maximum atomic E-state index is 5.41. The molecule has 2 nitrogen and oxygen atoms in total. The average Bonchev–Trinajstić information content (AvgIpc) is 2.19. The predicted octanol–water partition coefficient (Wildman–Crippen LogP) is 2.70. The third-order valence-electron chi connectivity index (χ3n) is 1.75. The molecule has 0 saturated heterocycles. The first-order valence-corrected chi connectivity index (χ1v) is 4.18. The number of benzene rings is 1. The van der Waals surface area contributed by atoms with E-state index in [4.69, 9.17) is 9.47 Å². The minimum absolute atomic E-state index is 0.213. The second-order valence-corrected chi connectivity index (χ2v) is 2.69. The van der Waals surface area contributed by atoms with Crippen molar-refractivity contribution in [2.45, 2.75) is 13.2 Å². The molecule has 0 aromatic heterocycles. The van der Waals surface area contributed by atoms with E-state index in [0.29, 0.717) is 0 Å². The molecular formula is C11H14O2. The smallest absolute Gasteiger partial charge is 0.196 e. The van der Waals surface area contributed by atoms with Gasteiger partial charge in [0.25, 0.3) is 0 Å². The van der Waals surface area contributed by atoms with E-state index in [1.54, 1.807) is 13.2 Å². The van der Waals surface area contributed by atoms with Crippen LogP contribution in [0, 0.1) is 0 Å². The first-order chi connectivity index (χ1) is 6.26. The van der Waals surface area contributed by atoms with Gasteiger partial charge in [-0.25, -0.2) is 0 Å². The highest BCUT2D eigenvalue weighted by Crippen LogP contribution is 2.14. The van der Waals surface area contributed by atoms with Crippen LogP contribution in [0.25, 0.3) is 6.08 Å². The van der Waals surface area contributed by atoms with E-state index in [-0.39, 0.29) is 6.29 Å². The topological polar surface area (TPSA) is 18.5 Å². The highest BCUT2D eigenvalue weighted by Gasteiger charge is 1.99. The fourth-order valence-electron chi connectivity index (χ4n) is 0.922. The van der Waals surface area contributed by atoms with E-state index in [2.05, 4.69) is 6.58 Å². The summed E-state index contributed by atoms with van der Waals surface area (Å²) < 4.78 is 10.4. The van der Waals surface area contributed by atoms with E-state index in [0.717, 1.165) is 11.3 Å². The molecule has 0 N–H and O–H groups in total. The summed E-state index contributed by atoms with van der Waals surface area (Å²) >= 11 is 0.